The molecule has 0 radical (unpaired) electrons. The minimum absolute atomic E-state index is 0.0545. The number of amides is 3. The first-order chi connectivity index (χ1) is 12.1. The summed E-state index contributed by atoms with van der Waals surface area (Å²) in [5.41, 5.74) is 0.842. The van der Waals surface area contributed by atoms with Gasteiger partial charge in [0.15, 0.2) is 0 Å². The van der Waals surface area contributed by atoms with Crippen molar-refractivity contribution in [3.05, 3.63) is 24.3 Å². The highest BCUT2D eigenvalue weighted by atomic mass is 16.6. The topological polar surface area (TPSA) is 87.7 Å². The fraction of sp³-hybridized carbons (Fsp3) is 0.526. The Morgan fingerprint density at radius 1 is 1.00 bits per heavy atom. The minimum Gasteiger partial charge on any atom is -0.444 e. The summed E-state index contributed by atoms with van der Waals surface area (Å²) in [5, 5.41) is 5.57. The third kappa shape index (κ3) is 6.06. The SMILES string of the molecule is CC(=O)Nc1ccc(NC(=O)C2CCN(C(=O)OC(C)(C)C)CC2)cc1. The summed E-state index contributed by atoms with van der Waals surface area (Å²) in [4.78, 5) is 37.1. The highest BCUT2D eigenvalue weighted by Crippen LogP contribution is 2.22. The molecule has 1 aromatic carbocycles. The number of anilines is 2. The van der Waals surface area contributed by atoms with Gasteiger partial charge in [-0.1, -0.05) is 0 Å². The number of carbonyl (C=O) groups is 3. The predicted octanol–water partition coefficient (Wildman–Crippen LogP) is 3.23. The molecular formula is C19H27N3O4. The number of benzene rings is 1. The normalized spacial score (nSPS) is 15.3. The number of piperidine rings is 1. The fourth-order valence-electron chi connectivity index (χ4n) is 2.74. The van der Waals surface area contributed by atoms with Crippen molar-refractivity contribution in [1.29, 1.82) is 0 Å². The molecule has 2 rings (SSSR count). The van der Waals surface area contributed by atoms with Gasteiger partial charge in [-0.25, -0.2) is 4.79 Å². The van der Waals surface area contributed by atoms with Crippen LogP contribution in [0.2, 0.25) is 0 Å². The Balaban J connectivity index is 1.83. The van der Waals surface area contributed by atoms with Gasteiger partial charge >= 0.3 is 6.09 Å². The van der Waals surface area contributed by atoms with Crippen LogP contribution in [0.25, 0.3) is 0 Å². The van der Waals surface area contributed by atoms with Gasteiger partial charge in [-0.2, -0.15) is 0 Å². The first kappa shape index (κ1) is 19.8. The van der Waals surface area contributed by atoms with Gasteiger partial charge in [-0.3, -0.25) is 9.59 Å². The van der Waals surface area contributed by atoms with Gasteiger partial charge in [0, 0.05) is 37.3 Å². The Kier molecular flexibility index (Phi) is 6.23. The molecule has 7 nitrogen and oxygen atoms in total. The summed E-state index contributed by atoms with van der Waals surface area (Å²) >= 11 is 0. The number of hydrogen-bond acceptors (Lipinski definition) is 4. The van der Waals surface area contributed by atoms with Crippen LogP contribution in [0.15, 0.2) is 24.3 Å². The van der Waals surface area contributed by atoms with E-state index in [9.17, 15) is 14.4 Å². The molecule has 0 saturated carbocycles. The van der Waals surface area contributed by atoms with Crippen molar-refractivity contribution in [3.63, 3.8) is 0 Å². The molecule has 0 spiro atoms. The molecular weight excluding hydrogens is 334 g/mol. The van der Waals surface area contributed by atoms with Crippen LogP contribution in [0.4, 0.5) is 16.2 Å². The number of hydrogen-bond donors (Lipinski definition) is 2. The molecule has 1 heterocycles. The van der Waals surface area contributed by atoms with E-state index >= 15 is 0 Å². The van der Waals surface area contributed by atoms with Crippen molar-refractivity contribution in [2.24, 2.45) is 5.92 Å². The van der Waals surface area contributed by atoms with E-state index in [1.807, 2.05) is 20.8 Å². The summed E-state index contributed by atoms with van der Waals surface area (Å²) < 4.78 is 5.36. The van der Waals surface area contributed by atoms with E-state index in [1.54, 1.807) is 29.2 Å². The Bertz CT molecular complexity index is 656. The number of rotatable bonds is 3. The number of ether oxygens (including phenoxy) is 1. The summed E-state index contributed by atoms with van der Waals surface area (Å²) in [6, 6.07) is 6.97. The van der Waals surface area contributed by atoms with Crippen LogP contribution in [0, 0.1) is 5.92 Å². The Morgan fingerprint density at radius 3 is 1.96 bits per heavy atom. The molecule has 0 aromatic heterocycles. The highest BCUT2D eigenvalue weighted by molar-refractivity contribution is 5.93. The molecule has 7 heteroatoms. The molecule has 1 fully saturated rings. The van der Waals surface area contributed by atoms with Crippen LogP contribution in [-0.4, -0.2) is 41.5 Å². The van der Waals surface area contributed by atoms with Crippen LogP contribution in [0.1, 0.15) is 40.5 Å². The summed E-state index contributed by atoms with van der Waals surface area (Å²) in [7, 11) is 0. The van der Waals surface area contributed by atoms with Crippen molar-refractivity contribution < 1.29 is 19.1 Å². The largest absolute Gasteiger partial charge is 0.444 e. The highest BCUT2D eigenvalue weighted by Gasteiger charge is 2.29. The standard InChI is InChI=1S/C19H27N3O4/c1-13(23)20-15-5-7-16(8-6-15)21-17(24)14-9-11-22(12-10-14)18(25)26-19(2,3)4/h5-8,14H,9-12H2,1-4H3,(H,20,23)(H,21,24). The van der Waals surface area contributed by atoms with Crippen LogP contribution in [0.3, 0.4) is 0 Å². The van der Waals surface area contributed by atoms with Crippen molar-refractivity contribution in [2.45, 2.75) is 46.1 Å². The maximum atomic E-state index is 12.4. The molecule has 3 amide bonds. The number of nitrogens with zero attached hydrogens (tertiary/aromatic N) is 1. The maximum Gasteiger partial charge on any atom is 0.410 e. The van der Waals surface area contributed by atoms with Crippen molar-refractivity contribution >= 4 is 29.3 Å². The maximum absolute atomic E-state index is 12.4. The van der Waals surface area contributed by atoms with E-state index in [1.165, 1.54) is 6.92 Å². The molecule has 1 saturated heterocycles. The van der Waals surface area contributed by atoms with Gasteiger partial charge in [0.1, 0.15) is 5.60 Å². The molecule has 1 aliphatic heterocycles. The molecule has 0 unspecified atom stereocenters. The lowest BCUT2D eigenvalue weighted by Gasteiger charge is -2.32. The van der Waals surface area contributed by atoms with Gasteiger partial charge in [0.05, 0.1) is 0 Å². The number of carbonyl (C=O) groups excluding carboxylic acids is 3. The monoisotopic (exact) mass is 361 g/mol. The van der Waals surface area contributed by atoms with Gasteiger partial charge in [-0.05, 0) is 57.9 Å². The first-order valence-electron chi connectivity index (χ1n) is 8.80. The lowest BCUT2D eigenvalue weighted by molar-refractivity contribution is -0.121. The summed E-state index contributed by atoms with van der Waals surface area (Å²) in [6.45, 7) is 7.97. The fourth-order valence-corrected chi connectivity index (χ4v) is 2.74. The van der Waals surface area contributed by atoms with Gasteiger partial charge in [-0.15, -0.1) is 0 Å². The summed E-state index contributed by atoms with van der Waals surface area (Å²) in [6.07, 6.45) is 0.884. The second-order valence-corrected chi connectivity index (χ2v) is 7.49. The van der Waals surface area contributed by atoms with E-state index in [0.29, 0.717) is 37.3 Å². The van der Waals surface area contributed by atoms with Crippen molar-refractivity contribution in [2.75, 3.05) is 23.7 Å². The third-order valence-corrected chi connectivity index (χ3v) is 3.99. The van der Waals surface area contributed by atoms with Crippen LogP contribution in [-0.2, 0) is 14.3 Å². The lowest BCUT2D eigenvalue weighted by Crippen LogP contribution is -2.43. The van der Waals surface area contributed by atoms with E-state index in [-0.39, 0.29) is 23.8 Å². The number of likely N-dealkylation sites (tertiary alicyclic amines) is 1. The van der Waals surface area contributed by atoms with Crippen molar-refractivity contribution in [3.8, 4) is 0 Å². The molecule has 1 aliphatic rings. The third-order valence-electron chi connectivity index (χ3n) is 3.99. The molecule has 0 bridgehead atoms. The minimum atomic E-state index is -0.519. The number of nitrogens with one attached hydrogen (secondary N) is 2. The summed E-state index contributed by atoms with van der Waals surface area (Å²) in [5.74, 6) is -0.330. The van der Waals surface area contributed by atoms with E-state index in [2.05, 4.69) is 10.6 Å². The molecule has 142 valence electrons. The zero-order chi connectivity index (χ0) is 19.3. The van der Waals surface area contributed by atoms with Crippen LogP contribution in [0.5, 0.6) is 0 Å². The lowest BCUT2D eigenvalue weighted by atomic mass is 9.96. The average Bonchev–Trinajstić information content (AvgIpc) is 2.55. The van der Waals surface area contributed by atoms with Gasteiger partial charge < -0.3 is 20.3 Å². The Morgan fingerprint density at radius 2 is 1.50 bits per heavy atom. The van der Waals surface area contributed by atoms with Gasteiger partial charge in [0.2, 0.25) is 11.8 Å². The van der Waals surface area contributed by atoms with Crippen molar-refractivity contribution in [1.82, 2.24) is 4.90 Å². The second-order valence-electron chi connectivity index (χ2n) is 7.49. The van der Waals surface area contributed by atoms with Crippen LogP contribution >= 0.6 is 0 Å². The van der Waals surface area contributed by atoms with Crippen LogP contribution < -0.4 is 10.6 Å². The molecule has 26 heavy (non-hydrogen) atoms. The molecule has 0 atom stereocenters. The zero-order valence-electron chi connectivity index (χ0n) is 15.8. The average molecular weight is 361 g/mol. The second kappa shape index (κ2) is 8.21. The van der Waals surface area contributed by atoms with Gasteiger partial charge in [0.25, 0.3) is 0 Å². The van der Waals surface area contributed by atoms with E-state index in [4.69, 9.17) is 4.74 Å². The Hall–Kier alpha value is -2.57. The molecule has 1 aromatic rings. The van der Waals surface area contributed by atoms with E-state index < -0.39 is 5.60 Å². The molecule has 2 N–H and O–H groups in total. The zero-order valence-corrected chi connectivity index (χ0v) is 15.8. The first-order valence-corrected chi connectivity index (χ1v) is 8.80. The quantitative estimate of drug-likeness (QED) is 0.865. The van der Waals surface area contributed by atoms with E-state index in [0.717, 1.165) is 0 Å². The predicted molar refractivity (Wildman–Crippen MR) is 99.9 cm³/mol. The smallest absolute Gasteiger partial charge is 0.410 e. The molecule has 0 aliphatic carbocycles. The Labute approximate surface area is 154 Å².